The van der Waals surface area contributed by atoms with E-state index >= 15 is 0 Å². The van der Waals surface area contributed by atoms with Crippen molar-refractivity contribution < 1.29 is 9.59 Å². The normalized spacial score (nSPS) is 18.3. The second-order valence-electron chi connectivity index (χ2n) is 6.29. The number of amides is 2. The van der Waals surface area contributed by atoms with Crippen LogP contribution in [-0.4, -0.2) is 16.8 Å². The summed E-state index contributed by atoms with van der Waals surface area (Å²) in [6, 6.07) is 16.5. The van der Waals surface area contributed by atoms with Crippen LogP contribution in [0.3, 0.4) is 0 Å². The molecular weight excluding hydrogens is 350 g/mol. The number of aromatic nitrogens is 1. The Balaban J connectivity index is 1.42. The summed E-state index contributed by atoms with van der Waals surface area (Å²) in [5.41, 5.74) is 1.95. The molecule has 1 aromatic heterocycles. The first-order chi connectivity index (χ1) is 12.6. The Morgan fingerprint density at radius 2 is 1.54 bits per heavy atom. The van der Waals surface area contributed by atoms with Crippen LogP contribution in [0.15, 0.2) is 60.8 Å². The van der Waals surface area contributed by atoms with Crippen molar-refractivity contribution in [3.8, 4) is 0 Å². The Morgan fingerprint density at radius 3 is 2.31 bits per heavy atom. The summed E-state index contributed by atoms with van der Waals surface area (Å²) in [4.78, 5) is 29.2. The van der Waals surface area contributed by atoms with Gasteiger partial charge in [0.2, 0.25) is 11.8 Å². The largest absolute Gasteiger partial charge is 0.325 e. The minimum Gasteiger partial charge on any atom is -0.325 e. The van der Waals surface area contributed by atoms with Gasteiger partial charge in [0.1, 0.15) is 0 Å². The average molecular weight is 366 g/mol. The summed E-state index contributed by atoms with van der Waals surface area (Å²) >= 11 is 6.05. The molecule has 1 aliphatic carbocycles. The lowest BCUT2D eigenvalue weighted by molar-refractivity contribution is -0.122. The molecule has 2 amide bonds. The number of hydrogen-bond acceptors (Lipinski definition) is 3. The second kappa shape index (κ2) is 6.77. The molecule has 0 aliphatic heterocycles. The van der Waals surface area contributed by atoms with Crippen molar-refractivity contribution in [1.29, 1.82) is 0 Å². The lowest BCUT2D eigenvalue weighted by Crippen LogP contribution is -2.20. The second-order valence-corrected chi connectivity index (χ2v) is 6.69. The maximum Gasteiger partial charge on any atom is 0.228 e. The SMILES string of the molecule is O=C(Nc1ccccc1Cl)C1CC1C(=O)Nc1cccc2cccnc12. The third-order valence-corrected chi connectivity index (χ3v) is 4.82. The molecule has 0 radical (unpaired) electrons. The number of halogens is 1. The van der Waals surface area contributed by atoms with E-state index < -0.39 is 0 Å². The first kappa shape index (κ1) is 16.5. The molecule has 130 valence electrons. The van der Waals surface area contributed by atoms with Crippen LogP contribution in [0.1, 0.15) is 6.42 Å². The van der Waals surface area contributed by atoms with Crippen molar-refractivity contribution in [1.82, 2.24) is 4.98 Å². The van der Waals surface area contributed by atoms with Crippen LogP contribution in [0, 0.1) is 11.8 Å². The van der Waals surface area contributed by atoms with Gasteiger partial charge in [0.25, 0.3) is 0 Å². The molecule has 1 saturated carbocycles. The number of nitrogens with zero attached hydrogens (tertiary/aromatic N) is 1. The average Bonchev–Trinajstić information content (AvgIpc) is 3.45. The number of nitrogens with one attached hydrogen (secondary N) is 2. The smallest absolute Gasteiger partial charge is 0.228 e. The van der Waals surface area contributed by atoms with Gasteiger partial charge >= 0.3 is 0 Å². The Kier molecular flexibility index (Phi) is 4.31. The van der Waals surface area contributed by atoms with Gasteiger partial charge in [-0.2, -0.15) is 0 Å². The lowest BCUT2D eigenvalue weighted by Gasteiger charge is -2.08. The van der Waals surface area contributed by atoms with E-state index in [1.807, 2.05) is 30.3 Å². The number of carbonyl (C=O) groups is 2. The van der Waals surface area contributed by atoms with Crippen molar-refractivity contribution in [2.75, 3.05) is 10.6 Å². The Morgan fingerprint density at radius 1 is 0.885 bits per heavy atom. The van der Waals surface area contributed by atoms with E-state index in [0.717, 1.165) is 10.9 Å². The first-order valence-corrected chi connectivity index (χ1v) is 8.71. The summed E-state index contributed by atoms with van der Waals surface area (Å²) < 4.78 is 0. The topological polar surface area (TPSA) is 71.1 Å². The van der Waals surface area contributed by atoms with Crippen molar-refractivity contribution in [3.05, 3.63) is 65.8 Å². The summed E-state index contributed by atoms with van der Waals surface area (Å²) in [5, 5.41) is 7.12. The van der Waals surface area contributed by atoms with Crippen molar-refractivity contribution in [3.63, 3.8) is 0 Å². The Labute approximate surface area is 155 Å². The number of rotatable bonds is 4. The van der Waals surface area contributed by atoms with Gasteiger partial charge in [-0.3, -0.25) is 14.6 Å². The van der Waals surface area contributed by atoms with E-state index in [1.165, 1.54) is 0 Å². The first-order valence-electron chi connectivity index (χ1n) is 8.33. The maximum atomic E-state index is 12.5. The molecule has 1 aliphatic rings. The number of pyridine rings is 1. The van der Waals surface area contributed by atoms with Crippen molar-refractivity contribution >= 4 is 45.7 Å². The minimum atomic E-state index is -0.339. The van der Waals surface area contributed by atoms with Crippen LogP contribution in [0.25, 0.3) is 10.9 Å². The summed E-state index contributed by atoms with van der Waals surface area (Å²) in [5.74, 6) is -1.03. The molecule has 6 heteroatoms. The number of hydrogen-bond donors (Lipinski definition) is 2. The van der Waals surface area contributed by atoms with Crippen LogP contribution < -0.4 is 10.6 Å². The van der Waals surface area contributed by atoms with Crippen LogP contribution in [0.4, 0.5) is 11.4 Å². The molecule has 0 bridgehead atoms. The highest BCUT2D eigenvalue weighted by molar-refractivity contribution is 6.33. The Bertz CT molecular complexity index is 1000. The number of fused-ring (bicyclic) bond motifs is 1. The monoisotopic (exact) mass is 365 g/mol. The van der Waals surface area contributed by atoms with Crippen LogP contribution >= 0.6 is 11.6 Å². The lowest BCUT2D eigenvalue weighted by atomic mass is 10.2. The molecule has 26 heavy (non-hydrogen) atoms. The number of para-hydroxylation sites is 2. The molecule has 2 N–H and O–H groups in total. The van der Waals surface area contributed by atoms with Crippen LogP contribution in [0.2, 0.25) is 5.02 Å². The summed E-state index contributed by atoms with van der Waals surface area (Å²) in [6.07, 6.45) is 2.22. The predicted octanol–water partition coefficient (Wildman–Crippen LogP) is 4.10. The highest BCUT2D eigenvalue weighted by atomic mass is 35.5. The molecule has 2 unspecified atom stereocenters. The van der Waals surface area contributed by atoms with Gasteiger partial charge in [-0.1, -0.05) is 41.9 Å². The van der Waals surface area contributed by atoms with E-state index in [1.54, 1.807) is 30.5 Å². The van der Waals surface area contributed by atoms with Crippen molar-refractivity contribution in [2.45, 2.75) is 6.42 Å². The molecule has 4 rings (SSSR count). The van der Waals surface area contributed by atoms with E-state index in [4.69, 9.17) is 11.6 Å². The highest BCUT2D eigenvalue weighted by Crippen LogP contribution is 2.41. The van der Waals surface area contributed by atoms with Gasteiger partial charge in [0, 0.05) is 11.6 Å². The third kappa shape index (κ3) is 3.26. The molecule has 0 spiro atoms. The highest BCUT2D eigenvalue weighted by Gasteiger charge is 2.48. The molecule has 1 heterocycles. The molecule has 1 fully saturated rings. The number of carbonyl (C=O) groups excluding carboxylic acids is 2. The maximum absolute atomic E-state index is 12.5. The van der Waals surface area contributed by atoms with Gasteiger partial charge in [0.15, 0.2) is 0 Å². The van der Waals surface area contributed by atoms with E-state index in [-0.39, 0.29) is 23.7 Å². The molecule has 5 nitrogen and oxygen atoms in total. The zero-order valence-corrected chi connectivity index (χ0v) is 14.5. The molecule has 2 atom stereocenters. The van der Waals surface area contributed by atoms with Crippen LogP contribution in [0.5, 0.6) is 0 Å². The van der Waals surface area contributed by atoms with Gasteiger partial charge in [-0.05, 0) is 30.7 Å². The van der Waals surface area contributed by atoms with E-state index in [9.17, 15) is 9.59 Å². The molecule has 2 aromatic carbocycles. The molecule has 3 aromatic rings. The van der Waals surface area contributed by atoms with Crippen LogP contribution in [-0.2, 0) is 9.59 Å². The fourth-order valence-corrected chi connectivity index (χ4v) is 3.18. The van der Waals surface area contributed by atoms with Gasteiger partial charge in [-0.15, -0.1) is 0 Å². The zero-order chi connectivity index (χ0) is 18.1. The van der Waals surface area contributed by atoms with Gasteiger partial charge < -0.3 is 10.6 Å². The van der Waals surface area contributed by atoms with Gasteiger partial charge in [-0.25, -0.2) is 0 Å². The fraction of sp³-hybridized carbons (Fsp3) is 0.150. The summed E-state index contributed by atoms with van der Waals surface area (Å²) in [7, 11) is 0. The fourth-order valence-electron chi connectivity index (χ4n) is 2.99. The van der Waals surface area contributed by atoms with Crippen molar-refractivity contribution in [2.24, 2.45) is 11.8 Å². The standard InChI is InChI=1S/C20H16ClN3O2/c21-15-7-1-2-8-16(15)23-19(25)13-11-14(13)20(26)24-17-9-3-5-12-6-4-10-22-18(12)17/h1-10,13-14H,11H2,(H,23,25)(H,24,26). The minimum absolute atomic E-state index is 0.164. The van der Waals surface area contributed by atoms with Gasteiger partial charge in [0.05, 0.1) is 33.7 Å². The zero-order valence-electron chi connectivity index (χ0n) is 13.8. The molecular formula is C20H16ClN3O2. The predicted molar refractivity (Wildman–Crippen MR) is 102 cm³/mol. The quantitative estimate of drug-likeness (QED) is 0.731. The molecule has 0 saturated heterocycles. The number of anilines is 2. The Hall–Kier alpha value is -2.92. The van der Waals surface area contributed by atoms with E-state index in [2.05, 4.69) is 15.6 Å². The summed E-state index contributed by atoms with van der Waals surface area (Å²) in [6.45, 7) is 0. The number of benzene rings is 2. The third-order valence-electron chi connectivity index (χ3n) is 4.49. The van der Waals surface area contributed by atoms with E-state index in [0.29, 0.717) is 22.8 Å².